The van der Waals surface area contributed by atoms with Gasteiger partial charge in [-0.3, -0.25) is 9.48 Å². The fraction of sp³-hybridized carbons (Fsp3) is 0.385. The molecule has 0 spiro atoms. The summed E-state index contributed by atoms with van der Waals surface area (Å²) in [5, 5.41) is 8.93. The summed E-state index contributed by atoms with van der Waals surface area (Å²) < 4.78 is 2.02. The molecule has 0 radical (unpaired) electrons. The second kappa shape index (κ2) is 4.10. The van der Waals surface area contributed by atoms with Crippen molar-refractivity contribution in [2.24, 2.45) is 5.73 Å². The van der Waals surface area contributed by atoms with Gasteiger partial charge in [-0.1, -0.05) is 12.1 Å². The molecule has 1 aromatic carbocycles. The van der Waals surface area contributed by atoms with E-state index in [1.54, 1.807) is 6.07 Å². The SMILES string of the molecule is Cc1c2cccc(C(N)=O)c2nn1C1CCNC1. The zero-order chi connectivity index (χ0) is 12.7. The predicted molar refractivity (Wildman–Crippen MR) is 69.5 cm³/mol. The Hall–Kier alpha value is -1.88. The highest BCUT2D eigenvalue weighted by molar-refractivity contribution is 6.05. The number of aryl methyl sites for hydroxylation is 1. The molecule has 1 saturated heterocycles. The first-order valence-electron chi connectivity index (χ1n) is 6.17. The van der Waals surface area contributed by atoms with Gasteiger partial charge in [0, 0.05) is 17.6 Å². The molecule has 5 heteroatoms. The number of nitrogens with one attached hydrogen (secondary N) is 1. The summed E-state index contributed by atoms with van der Waals surface area (Å²) in [7, 11) is 0. The van der Waals surface area contributed by atoms with Gasteiger partial charge in [0.05, 0.1) is 11.6 Å². The van der Waals surface area contributed by atoms with E-state index in [-0.39, 0.29) is 0 Å². The van der Waals surface area contributed by atoms with Crippen molar-refractivity contribution in [1.29, 1.82) is 0 Å². The third-order valence-corrected chi connectivity index (χ3v) is 3.62. The Morgan fingerprint density at radius 2 is 2.39 bits per heavy atom. The highest BCUT2D eigenvalue weighted by atomic mass is 16.1. The first-order chi connectivity index (χ1) is 8.68. The maximum Gasteiger partial charge on any atom is 0.250 e. The van der Waals surface area contributed by atoms with E-state index in [1.165, 1.54) is 0 Å². The van der Waals surface area contributed by atoms with Crippen molar-refractivity contribution in [3.63, 3.8) is 0 Å². The number of nitrogens with zero attached hydrogens (tertiary/aromatic N) is 2. The van der Waals surface area contributed by atoms with E-state index >= 15 is 0 Å². The van der Waals surface area contributed by atoms with Crippen LogP contribution < -0.4 is 11.1 Å². The zero-order valence-corrected chi connectivity index (χ0v) is 10.3. The largest absolute Gasteiger partial charge is 0.366 e. The van der Waals surface area contributed by atoms with Gasteiger partial charge >= 0.3 is 0 Å². The van der Waals surface area contributed by atoms with Crippen LogP contribution in [-0.2, 0) is 0 Å². The molecule has 1 aromatic heterocycles. The first-order valence-corrected chi connectivity index (χ1v) is 6.17. The molecule has 1 aliphatic heterocycles. The van der Waals surface area contributed by atoms with Crippen LogP contribution in [0.15, 0.2) is 18.2 Å². The molecule has 1 atom stereocenters. The highest BCUT2D eigenvalue weighted by Gasteiger charge is 2.21. The van der Waals surface area contributed by atoms with Crippen LogP contribution in [0.1, 0.15) is 28.5 Å². The van der Waals surface area contributed by atoms with Crippen molar-refractivity contribution in [2.75, 3.05) is 13.1 Å². The Morgan fingerprint density at radius 1 is 1.56 bits per heavy atom. The maximum absolute atomic E-state index is 11.4. The average molecular weight is 244 g/mol. The van der Waals surface area contributed by atoms with Gasteiger partial charge in [-0.15, -0.1) is 0 Å². The van der Waals surface area contributed by atoms with Crippen molar-refractivity contribution in [1.82, 2.24) is 15.1 Å². The number of hydrogen-bond acceptors (Lipinski definition) is 3. The number of amides is 1. The second-order valence-corrected chi connectivity index (χ2v) is 4.74. The lowest BCUT2D eigenvalue weighted by molar-refractivity contribution is 0.100. The van der Waals surface area contributed by atoms with Crippen molar-refractivity contribution >= 4 is 16.8 Å². The number of rotatable bonds is 2. The summed E-state index contributed by atoms with van der Waals surface area (Å²) in [5.41, 5.74) is 7.71. The molecule has 0 saturated carbocycles. The summed E-state index contributed by atoms with van der Waals surface area (Å²) in [5.74, 6) is -0.421. The topological polar surface area (TPSA) is 72.9 Å². The number of nitrogens with two attached hydrogens (primary N) is 1. The van der Waals surface area contributed by atoms with E-state index in [9.17, 15) is 4.79 Å². The van der Waals surface area contributed by atoms with Gasteiger partial charge in [-0.2, -0.15) is 5.10 Å². The number of primary amides is 1. The molecule has 0 bridgehead atoms. The number of aromatic nitrogens is 2. The van der Waals surface area contributed by atoms with Crippen molar-refractivity contribution in [2.45, 2.75) is 19.4 Å². The Balaban J connectivity index is 2.20. The number of benzene rings is 1. The Morgan fingerprint density at radius 3 is 3.06 bits per heavy atom. The molecular weight excluding hydrogens is 228 g/mol. The van der Waals surface area contributed by atoms with Crippen molar-refractivity contribution in [3.05, 3.63) is 29.5 Å². The predicted octanol–water partition coefficient (Wildman–Crippen LogP) is 0.978. The zero-order valence-electron chi connectivity index (χ0n) is 10.3. The standard InChI is InChI=1S/C13H16N4O/c1-8-10-3-2-4-11(13(14)18)12(10)16-17(8)9-5-6-15-7-9/h2-4,9,15H,5-7H2,1H3,(H2,14,18). The second-order valence-electron chi connectivity index (χ2n) is 4.74. The van der Waals surface area contributed by atoms with Crippen LogP contribution in [0.2, 0.25) is 0 Å². The quantitative estimate of drug-likeness (QED) is 0.827. The van der Waals surface area contributed by atoms with E-state index in [0.29, 0.717) is 11.6 Å². The molecule has 18 heavy (non-hydrogen) atoms. The van der Waals surface area contributed by atoms with Crippen LogP contribution in [0, 0.1) is 6.92 Å². The normalized spacial score (nSPS) is 19.5. The smallest absolute Gasteiger partial charge is 0.250 e. The summed E-state index contributed by atoms with van der Waals surface area (Å²) in [4.78, 5) is 11.4. The van der Waals surface area contributed by atoms with Crippen LogP contribution in [0.5, 0.6) is 0 Å². The number of fused-ring (bicyclic) bond motifs is 1. The van der Waals surface area contributed by atoms with Gasteiger partial charge < -0.3 is 11.1 Å². The number of carbonyl (C=O) groups excluding carboxylic acids is 1. The van der Waals surface area contributed by atoms with Gasteiger partial charge in [0.25, 0.3) is 5.91 Å². The van der Waals surface area contributed by atoms with Crippen LogP contribution in [-0.4, -0.2) is 28.8 Å². The van der Waals surface area contributed by atoms with Crippen molar-refractivity contribution in [3.8, 4) is 0 Å². The molecular formula is C13H16N4O. The Labute approximate surface area is 105 Å². The molecule has 94 valence electrons. The first kappa shape index (κ1) is 11.2. The van der Waals surface area contributed by atoms with Gasteiger partial charge in [0.2, 0.25) is 0 Å². The molecule has 0 aliphatic carbocycles. The lowest BCUT2D eigenvalue weighted by atomic mass is 10.1. The van der Waals surface area contributed by atoms with E-state index in [4.69, 9.17) is 5.73 Å². The summed E-state index contributed by atoms with van der Waals surface area (Å²) >= 11 is 0. The summed E-state index contributed by atoms with van der Waals surface area (Å²) in [6.45, 7) is 3.99. The minimum Gasteiger partial charge on any atom is -0.366 e. The van der Waals surface area contributed by atoms with Gasteiger partial charge in [-0.05, 0) is 26.0 Å². The third kappa shape index (κ3) is 1.59. The lowest BCUT2D eigenvalue weighted by Gasteiger charge is -2.10. The van der Waals surface area contributed by atoms with Crippen molar-refractivity contribution < 1.29 is 4.79 Å². The molecule has 1 unspecified atom stereocenters. The Kier molecular flexibility index (Phi) is 2.56. The van der Waals surface area contributed by atoms with Gasteiger partial charge in [-0.25, -0.2) is 0 Å². The van der Waals surface area contributed by atoms with Crippen LogP contribution in [0.3, 0.4) is 0 Å². The highest BCUT2D eigenvalue weighted by Crippen LogP contribution is 2.25. The lowest BCUT2D eigenvalue weighted by Crippen LogP contribution is -2.16. The van der Waals surface area contributed by atoms with E-state index in [2.05, 4.69) is 10.4 Å². The molecule has 5 nitrogen and oxygen atoms in total. The minimum absolute atomic E-state index is 0.373. The molecule has 1 amide bonds. The van der Waals surface area contributed by atoms with Gasteiger partial charge in [0.1, 0.15) is 5.52 Å². The summed E-state index contributed by atoms with van der Waals surface area (Å²) in [6, 6.07) is 5.95. The van der Waals surface area contributed by atoms with Crippen LogP contribution >= 0.6 is 0 Å². The number of hydrogen-bond donors (Lipinski definition) is 2. The minimum atomic E-state index is -0.421. The molecule has 1 fully saturated rings. The Bertz CT molecular complexity index is 611. The molecule has 1 aliphatic rings. The molecule has 2 aromatic rings. The fourth-order valence-corrected chi connectivity index (χ4v) is 2.65. The monoisotopic (exact) mass is 244 g/mol. The van der Waals surface area contributed by atoms with Gasteiger partial charge in [0.15, 0.2) is 0 Å². The summed E-state index contributed by atoms with van der Waals surface area (Å²) in [6.07, 6.45) is 1.07. The molecule has 3 rings (SSSR count). The van der Waals surface area contributed by atoms with E-state index in [1.807, 2.05) is 23.7 Å². The van der Waals surface area contributed by atoms with Crippen LogP contribution in [0.25, 0.3) is 10.9 Å². The maximum atomic E-state index is 11.4. The molecule has 3 N–H and O–H groups in total. The van der Waals surface area contributed by atoms with E-state index < -0.39 is 5.91 Å². The number of carbonyl (C=O) groups is 1. The fourth-order valence-electron chi connectivity index (χ4n) is 2.65. The van der Waals surface area contributed by atoms with Crippen LogP contribution in [0.4, 0.5) is 0 Å². The average Bonchev–Trinajstić information content (AvgIpc) is 2.97. The third-order valence-electron chi connectivity index (χ3n) is 3.62. The molecule has 2 heterocycles. The van der Waals surface area contributed by atoms with E-state index in [0.717, 1.165) is 36.1 Å².